The van der Waals surface area contributed by atoms with Gasteiger partial charge in [-0.1, -0.05) is 20.8 Å². The second-order valence-electron chi connectivity index (χ2n) is 5.77. The average molecular weight is 229 g/mol. The second-order valence-corrected chi connectivity index (χ2v) is 5.77. The summed E-state index contributed by atoms with van der Waals surface area (Å²) in [5.41, 5.74) is -1.76. The van der Waals surface area contributed by atoms with Crippen LogP contribution in [0.25, 0.3) is 0 Å². The molecule has 4 heteroatoms. The topological polar surface area (TPSA) is 37.4 Å². The largest absolute Gasteiger partial charge is 0.342 e. The van der Waals surface area contributed by atoms with Gasteiger partial charge in [0.05, 0.1) is 0 Å². The molecule has 0 spiro atoms. The van der Waals surface area contributed by atoms with Gasteiger partial charge in [0, 0.05) is 32.4 Å². The lowest BCUT2D eigenvalue weighted by atomic mass is 9.90. The third-order valence-electron chi connectivity index (χ3n) is 2.84. The van der Waals surface area contributed by atoms with Crippen LogP contribution in [0.15, 0.2) is 0 Å². The van der Waals surface area contributed by atoms with Crippen molar-refractivity contribution in [1.82, 2.24) is 4.90 Å². The van der Waals surface area contributed by atoms with E-state index in [2.05, 4.69) is 0 Å². The van der Waals surface area contributed by atoms with Crippen molar-refractivity contribution in [2.24, 2.45) is 5.41 Å². The van der Waals surface area contributed by atoms with E-state index in [9.17, 15) is 14.0 Å². The smallest absolute Gasteiger partial charge is 0.223 e. The van der Waals surface area contributed by atoms with Gasteiger partial charge in [0.15, 0.2) is 12.0 Å². The van der Waals surface area contributed by atoms with Crippen molar-refractivity contribution < 1.29 is 14.0 Å². The van der Waals surface area contributed by atoms with Crippen molar-refractivity contribution in [3.05, 3.63) is 0 Å². The second kappa shape index (κ2) is 4.52. The maximum atomic E-state index is 13.6. The molecule has 1 aliphatic heterocycles. The molecular weight excluding hydrogens is 209 g/mol. The minimum atomic E-state index is -1.71. The first-order valence-corrected chi connectivity index (χ1v) is 5.69. The minimum absolute atomic E-state index is 0.0496. The molecule has 0 aromatic heterocycles. The van der Waals surface area contributed by atoms with E-state index in [4.69, 9.17) is 0 Å². The molecule has 16 heavy (non-hydrogen) atoms. The number of halogens is 1. The monoisotopic (exact) mass is 229 g/mol. The van der Waals surface area contributed by atoms with Gasteiger partial charge in [0.2, 0.25) is 5.91 Å². The van der Waals surface area contributed by atoms with Crippen molar-refractivity contribution in [3.63, 3.8) is 0 Å². The molecule has 92 valence electrons. The predicted molar refractivity (Wildman–Crippen MR) is 59.8 cm³/mol. The van der Waals surface area contributed by atoms with E-state index >= 15 is 0 Å². The molecule has 1 aliphatic rings. The molecule has 0 N–H and O–H groups in total. The molecule has 0 aliphatic carbocycles. The molecule has 0 atom stereocenters. The quantitative estimate of drug-likeness (QED) is 0.679. The lowest BCUT2D eigenvalue weighted by Gasteiger charge is -2.34. The van der Waals surface area contributed by atoms with Gasteiger partial charge >= 0.3 is 0 Å². The van der Waals surface area contributed by atoms with Crippen LogP contribution in [-0.2, 0) is 9.59 Å². The average Bonchev–Trinajstić information content (AvgIpc) is 2.16. The van der Waals surface area contributed by atoms with Crippen LogP contribution >= 0.6 is 0 Å². The summed E-state index contributed by atoms with van der Waals surface area (Å²) in [6.07, 6.45) is 1.10. The van der Waals surface area contributed by atoms with E-state index < -0.39 is 5.67 Å². The lowest BCUT2D eigenvalue weighted by Crippen LogP contribution is -2.46. The summed E-state index contributed by atoms with van der Waals surface area (Å²) in [7, 11) is 0. The fourth-order valence-electron chi connectivity index (χ4n) is 1.81. The molecule has 1 heterocycles. The Morgan fingerprint density at radius 3 is 2.25 bits per heavy atom. The molecule has 3 nitrogen and oxygen atoms in total. The highest BCUT2D eigenvalue weighted by atomic mass is 19.1. The van der Waals surface area contributed by atoms with Crippen molar-refractivity contribution in [2.75, 3.05) is 13.1 Å². The molecule has 1 fully saturated rings. The maximum Gasteiger partial charge on any atom is 0.223 e. The van der Waals surface area contributed by atoms with Crippen molar-refractivity contribution in [1.29, 1.82) is 0 Å². The summed E-state index contributed by atoms with van der Waals surface area (Å²) in [5, 5.41) is 0. The molecule has 0 saturated carbocycles. The summed E-state index contributed by atoms with van der Waals surface area (Å²) in [6.45, 7) is 6.70. The van der Waals surface area contributed by atoms with E-state index in [0.717, 1.165) is 0 Å². The number of piperidine rings is 1. The number of aldehydes is 1. The Morgan fingerprint density at radius 2 is 1.88 bits per heavy atom. The summed E-state index contributed by atoms with van der Waals surface area (Å²) < 4.78 is 13.6. The molecule has 0 aromatic carbocycles. The molecule has 0 unspecified atom stereocenters. The molecule has 1 saturated heterocycles. The number of hydrogen-bond donors (Lipinski definition) is 0. The van der Waals surface area contributed by atoms with Gasteiger partial charge < -0.3 is 4.90 Å². The van der Waals surface area contributed by atoms with Gasteiger partial charge in [-0.3, -0.25) is 9.59 Å². The fourth-order valence-corrected chi connectivity index (χ4v) is 1.81. The minimum Gasteiger partial charge on any atom is -0.342 e. The highest BCUT2D eigenvalue weighted by Crippen LogP contribution is 2.26. The van der Waals surface area contributed by atoms with Gasteiger partial charge in [0.25, 0.3) is 0 Å². The molecule has 0 bridgehead atoms. The normalized spacial score (nSPS) is 20.6. The predicted octanol–water partition coefficient (Wildman–Crippen LogP) is 1.95. The van der Waals surface area contributed by atoms with E-state index in [1.807, 2.05) is 20.8 Å². The number of amides is 1. The van der Waals surface area contributed by atoms with Gasteiger partial charge in [-0.2, -0.15) is 0 Å². The standard InChI is InChI=1S/C12H20FNO2/c1-11(2,3)8-10(16)14-6-4-12(13,9-15)5-7-14/h9H,4-8H2,1-3H3. The third kappa shape index (κ3) is 3.58. The van der Waals surface area contributed by atoms with Crippen LogP contribution in [-0.4, -0.2) is 35.9 Å². The number of likely N-dealkylation sites (tertiary alicyclic amines) is 1. The Bertz CT molecular complexity index is 275. The van der Waals surface area contributed by atoms with Gasteiger partial charge in [-0.15, -0.1) is 0 Å². The molecule has 0 radical (unpaired) electrons. The first-order valence-electron chi connectivity index (χ1n) is 5.69. The van der Waals surface area contributed by atoms with Crippen molar-refractivity contribution in [2.45, 2.75) is 45.7 Å². The zero-order chi connectivity index (χ0) is 12.4. The Kier molecular flexibility index (Phi) is 3.71. The van der Waals surface area contributed by atoms with Crippen LogP contribution in [0.1, 0.15) is 40.0 Å². The van der Waals surface area contributed by atoms with Crippen molar-refractivity contribution in [3.8, 4) is 0 Å². The first kappa shape index (κ1) is 13.1. The number of alkyl halides is 1. The Labute approximate surface area is 96.0 Å². The first-order chi connectivity index (χ1) is 7.26. The number of nitrogens with zero attached hydrogens (tertiary/aromatic N) is 1. The van der Waals surface area contributed by atoms with Crippen LogP contribution < -0.4 is 0 Å². The summed E-state index contributed by atoms with van der Waals surface area (Å²) in [6, 6.07) is 0. The molecular formula is C12H20FNO2. The summed E-state index contributed by atoms with van der Waals surface area (Å²) in [4.78, 5) is 24.0. The molecule has 1 amide bonds. The SMILES string of the molecule is CC(C)(C)CC(=O)N1CCC(F)(C=O)CC1. The van der Waals surface area contributed by atoms with E-state index in [0.29, 0.717) is 25.8 Å². The fraction of sp³-hybridized carbons (Fsp3) is 0.833. The highest BCUT2D eigenvalue weighted by Gasteiger charge is 2.36. The van der Waals surface area contributed by atoms with E-state index in [1.165, 1.54) is 0 Å². The zero-order valence-electron chi connectivity index (χ0n) is 10.3. The number of rotatable bonds is 2. The lowest BCUT2D eigenvalue weighted by molar-refractivity contribution is -0.137. The van der Waals surface area contributed by atoms with Crippen molar-refractivity contribution >= 4 is 12.2 Å². The maximum absolute atomic E-state index is 13.6. The number of carbonyl (C=O) groups is 2. The summed E-state index contributed by atoms with van der Waals surface area (Å²) in [5.74, 6) is 0.0560. The van der Waals surface area contributed by atoms with Gasteiger partial charge in [-0.05, 0) is 5.41 Å². The van der Waals surface area contributed by atoms with Gasteiger partial charge in [0.1, 0.15) is 0 Å². The Morgan fingerprint density at radius 1 is 1.38 bits per heavy atom. The van der Waals surface area contributed by atoms with Crippen LogP contribution in [0, 0.1) is 5.41 Å². The van der Waals surface area contributed by atoms with Gasteiger partial charge in [-0.25, -0.2) is 4.39 Å². The highest BCUT2D eigenvalue weighted by molar-refractivity contribution is 5.77. The molecule has 0 aromatic rings. The van der Waals surface area contributed by atoms with Crippen LogP contribution in [0.2, 0.25) is 0 Å². The van der Waals surface area contributed by atoms with Crippen LogP contribution in [0.3, 0.4) is 0 Å². The number of hydrogen-bond acceptors (Lipinski definition) is 2. The Balaban J connectivity index is 2.48. The number of carbonyl (C=O) groups excluding carboxylic acids is 2. The van der Waals surface area contributed by atoms with Crippen LogP contribution in [0.5, 0.6) is 0 Å². The Hall–Kier alpha value is -0.930. The van der Waals surface area contributed by atoms with E-state index in [1.54, 1.807) is 4.90 Å². The zero-order valence-corrected chi connectivity index (χ0v) is 10.3. The third-order valence-corrected chi connectivity index (χ3v) is 2.84. The molecule has 1 rings (SSSR count). The van der Waals surface area contributed by atoms with Crippen LogP contribution in [0.4, 0.5) is 4.39 Å². The van der Waals surface area contributed by atoms with E-state index in [-0.39, 0.29) is 24.2 Å². The summed E-state index contributed by atoms with van der Waals surface area (Å²) >= 11 is 0.